The molecule has 0 unspecified atom stereocenters. The second-order valence-electron chi connectivity index (χ2n) is 5.05. The lowest BCUT2D eigenvalue weighted by Crippen LogP contribution is -2.29. The van der Waals surface area contributed by atoms with E-state index in [0.717, 1.165) is 18.2 Å². The van der Waals surface area contributed by atoms with Crippen LogP contribution in [-0.4, -0.2) is 5.91 Å². The largest absolute Gasteiger partial charge is 0.458 e. The van der Waals surface area contributed by atoms with E-state index in [-0.39, 0.29) is 23.2 Å². The van der Waals surface area contributed by atoms with Crippen LogP contribution in [0.5, 0.6) is 0 Å². The second kappa shape index (κ2) is 3.57. The monoisotopic (exact) mass is 247 g/mol. The van der Waals surface area contributed by atoms with Gasteiger partial charge in [-0.05, 0) is 25.0 Å². The molecule has 18 heavy (non-hydrogen) atoms. The molecular weight excluding hydrogens is 233 g/mol. The first-order chi connectivity index (χ1) is 8.54. The first-order valence-corrected chi connectivity index (χ1v) is 6.02. The molecule has 2 aromatic rings. The Balaban J connectivity index is 2.05. The van der Waals surface area contributed by atoms with E-state index in [1.165, 1.54) is 6.07 Å². The highest BCUT2D eigenvalue weighted by Gasteiger charge is 2.54. The van der Waals surface area contributed by atoms with Crippen molar-refractivity contribution < 1.29 is 13.6 Å². The Morgan fingerprint density at radius 2 is 2.22 bits per heavy atom. The molecule has 0 saturated heterocycles. The zero-order valence-electron chi connectivity index (χ0n) is 10.1. The number of para-hydroxylation sites is 1. The lowest BCUT2D eigenvalue weighted by Gasteiger charge is -2.17. The molecule has 1 aliphatic rings. The third-order valence-corrected chi connectivity index (χ3v) is 4.05. The van der Waals surface area contributed by atoms with Gasteiger partial charge in [0.1, 0.15) is 5.76 Å². The van der Waals surface area contributed by atoms with Crippen molar-refractivity contribution in [2.24, 2.45) is 11.1 Å². The third kappa shape index (κ3) is 1.45. The van der Waals surface area contributed by atoms with Crippen molar-refractivity contribution in [1.29, 1.82) is 0 Å². The van der Waals surface area contributed by atoms with Crippen LogP contribution in [-0.2, 0) is 4.79 Å². The van der Waals surface area contributed by atoms with Crippen LogP contribution in [0.3, 0.4) is 0 Å². The SMILES string of the molecule is C[C@@H](c1cc2cccc(F)c2o1)C1(C(N)=O)CC1. The van der Waals surface area contributed by atoms with Crippen LogP contribution in [0.25, 0.3) is 11.0 Å². The number of benzene rings is 1. The molecule has 1 saturated carbocycles. The van der Waals surface area contributed by atoms with Crippen LogP contribution in [0.15, 0.2) is 28.7 Å². The van der Waals surface area contributed by atoms with Gasteiger partial charge in [0.05, 0.1) is 5.41 Å². The van der Waals surface area contributed by atoms with Gasteiger partial charge in [0, 0.05) is 11.3 Å². The molecule has 0 bridgehead atoms. The van der Waals surface area contributed by atoms with E-state index in [4.69, 9.17) is 10.2 Å². The molecule has 1 aliphatic carbocycles. The Morgan fingerprint density at radius 3 is 2.78 bits per heavy atom. The van der Waals surface area contributed by atoms with Crippen molar-refractivity contribution >= 4 is 16.9 Å². The molecule has 1 aromatic heterocycles. The predicted octanol–water partition coefficient (Wildman–Crippen LogP) is 2.94. The van der Waals surface area contributed by atoms with Gasteiger partial charge < -0.3 is 10.2 Å². The molecule has 0 radical (unpaired) electrons. The van der Waals surface area contributed by atoms with Gasteiger partial charge in [-0.1, -0.05) is 19.1 Å². The molecule has 1 aromatic carbocycles. The average Bonchev–Trinajstić information content (AvgIpc) is 3.03. The Kier molecular flexibility index (Phi) is 2.24. The zero-order valence-corrected chi connectivity index (χ0v) is 10.1. The van der Waals surface area contributed by atoms with Gasteiger partial charge in [-0.25, -0.2) is 4.39 Å². The van der Waals surface area contributed by atoms with Crippen LogP contribution >= 0.6 is 0 Å². The van der Waals surface area contributed by atoms with Crippen LogP contribution in [0, 0.1) is 11.2 Å². The number of halogens is 1. The number of hydrogen-bond donors (Lipinski definition) is 1. The summed E-state index contributed by atoms with van der Waals surface area (Å²) in [7, 11) is 0. The Morgan fingerprint density at radius 1 is 1.50 bits per heavy atom. The number of carbonyl (C=O) groups excluding carboxylic acids is 1. The number of fused-ring (bicyclic) bond motifs is 1. The van der Waals surface area contributed by atoms with Gasteiger partial charge in [0.25, 0.3) is 0 Å². The molecular formula is C14H14FNO2. The second-order valence-corrected chi connectivity index (χ2v) is 5.05. The highest BCUT2D eigenvalue weighted by Crippen LogP contribution is 2.56. The van der Waals surface area contributed by atoms with Crippen molar-refractivity contribution in [2.75, 3.05) is 0 Å². The summed E-state index contributed by atoms with van der Waals surface area (Å²) >= 11 is 0. The van der Waals surface area contributed by atoms with Crippen molar-refractivity contribution in [3.63, 3.8) is 0 Å². The molecule has 1 amide bonds. The third-order valence-electron chi connectivity index (χ3n) is 4.05. The first-order valence-electron chi connectivity index (χ1n) is 6.02. The minimum absolute atomic E-state index is 0.109. The van der Waals surface area contributed by atoms with Gasteiger partial charge in [-0.3, -0.25) is 4.79 Å². The van der Waals surface area contributed by atoms with Crippen molar-refractivity contribution in [3.8, 4) is 0 Å². The summed E-state index contributed by atoms with van der Waals surface area (Å²) < 4.78 is 19.1. The summed E-state index contributed by atoms with van der Waals surface area (Å²) in [5, 5.41) is 0.720. The lowest BCUT2D eigenvalue weighted by atomic mass is 9.88. The number of rotatable bonds is 3. The van der Waals surface area contributed by atoms with Crippen LogP contribution < -0.4 is 5.73 Å². The smallest absolute Gasteiger partial charge is 0.224 e. The standard InChI is InChI=1S/C14H14FNO2/c1-8(14(5-6-14)13(16)17)11-7-9-3-2-4-10(15)12(9)18-11/h2-4,7-8H,5-6H2,1H3,(H2,16,17)/t8-/m0/s1. The first kappa shape index (κ1) is 11.3. The summed E-state index contributed by atoms with van der Waals surface area (Å²) in [5.74, 6) is -0.154. The fourth-order valence-corrected chi connectivity index (χ4v) is 2.56. The van der Waals surface area contributed by atoms with Gasteiger partial charge >= 0.3 is 0 Å². The molecule has 1 heterocycles. The van der Waals surface area contributed by atoms with Gasteiger partial charge in [-0.15, -0.1) is 0 Å². The molecule has 2 N–H and O–H groups in total. The maximum atomic E-state index is 13.5. The fraction of sp³-hybridized carbons (Fsp3) is 0.357. The molecule has 0 aliphatic heterocycles. The van der Waals surface area contributed by atoms with E-state index in [9.17, 15) is 9.18 Å². The summed E-state index contributed by atoms with van der Waals surface area (Å²) in [6.07, 6.45) is 1.56. The van der Waals surface area contributed by atoms with Crippen molar-refractivity contribution in [1.82, 2.24) is 0 Å². The maximum Gasteiger partial charge on any atom is 0.224 e. The van der Waals surface area contributed by atoms with E-state index < -0.39 is 5.41 Å². The lowest BCUT2D eigenvalue weighted by molar-refractivity contribution is -0.123. The number of amides is 1. The fourth-order valence-electron chi connectivity index (χ4n) is 2.56. The molecule has 1 fully saturated rings. The minimum Gasteiger partial charge on any atom is -0.458 e. The van der Waals surface area contributed by atoms with E-state index >= 15 is 0 Å². The van der Waals surface area contributed by atoms with Crippen LogP contribution in [0.4, 0.5) is 4.39 Å². The van der Waals surface area contributed by atoms with Crippen LogP contribution in [0.1, 0.15) is 31.4 Å². The van der Waals surface area contributed by atoms with E-state index in [0.29, 0.717) is 5.76 Å². The topological polar surface area (TPSA) is 56.2 Å². The van der Waals surface area contributed by atoms with E-state index in [1.54, 1.807) is 18.2 Å². The summed E-state index contributed by atoms with van der Waals surface area (Å²) in [6.45, 7) is 1.91. The molecule has 1 atom stereocenters. The maximum absolute atomic E-state index is 13.5. The number of nitrogens with two attached hydrogens (primary N) is 1. The highest BCUT2D eigenvalue weighted by atomic mass is 19.1. The van der Waals surface area contributed by atoms with Gasteiger partial charge in [0.15, 0.2) is 11.4 Å². The van der Waals surface area contributed by atoms with Gasteiger partial charge in [0.2, 0.25) is 5.91 Å². The number of carbonyl (C=O) groups is 1. The van der Waals surface area contributed by atoms with Crippen molar-refractivity contribution in [3.05, 3.63) is 35.8 Å². The Labute approximate surface area is 104 Å². The van der Waals surface area contributed by atoms with Crippen molar-refractivity contribution in [2.45, 2.75) is 25.7 Å². The Hall–Kier alpha value is -1.84. The summed E-state index contributed by atoms with van der Waals surface area (Å²) in [5.41, 5.74) is 5.19. The predicted molar refractivity (Wildman–Crippen MR) is 65.4 cm³/mol. The summed E-state index contributed by atoms with van der Waals surface area (Å²) in [4.78, 5) is 11.5. The molecule has 4 heteroatoms. The number of hydrogen-bond acceptors (Lipinski definition) is 2. The molecule has 3 nitrogen and oxygen atoms in total. The molecule has 94 valence electrons. The summed E-state index contributed by atoms with van der Waals surface area (Å²) in [6, 6.07) is 6.60. The quantitative estimate of drug-likeness (QED) is 0.906. The highest BCUT2D eigenvalue weighted by molar-refractivity contribution is 5.85. The number of furan rings is 1. The van der Waals surface area contributed by atoms with Gasteiger partial charge in [-0.2, -0.15) is 0 Å². The normalized spacial score (nSPS) is 18.8. The minimum atomic E-state index is -0.496. The zero-order chi connectivity index (χ0) is 12.9. The molecule has 0 spiro atoms. The van der Waals surface area contributed by atoms with E-state index in [2.05, 4.69) is 0 Å². The number of primary amides is 1. The molecule has 3 rings (SSSR count). The van der Waals surface area contributed by atoms with Crippen LogP contribution in [0.2, 0.25) is 0 Å². The average molecular weight is 247 g/mol. The Bertz CT molecular complexity index is 628. The van der Waals surface area contributed by atoms with E-state index in [1.807, 2.05) is 6.92 Å².